The van der Waals surface area contributed by atoms with Crippen LogP contribution in [0.1, 0.15) is 28.4 Å². The number of aryl methyl sites for hydroxylation is 3. The third-order valence-corrected chi connectivity index (χ3v) is 4.64. The molecule has 0 spiro atoms. The second kappa shape index (κ2) is 7.71. The zero-order chi connectivity index (χ0) is 16.4. The summed E-state index contributed by atoms with van der Waals surface area (Å²) < 4.78 is 2.14. The molecule has 130 valence electrons. The summed E-state index contributed by atoms with van der Waals surface area (Å²) in [5, 5.41) is 0. The van der Waals surface area contributed by atoms with Crippen LogP contribution in [0, 0.1) is 13.8 Å². The van der Waals surface area contributed by atoms with Crippen LogP contribution < -0.4 is 4.90 Å². The van der Waals surface area contributed by atoms with Gasteiger partial charge in [0.05, 0.1) is 0 Å². The van der Waals surface area contributed by atoms with Crippen molar-refractivity contribution in [2.24, 2.45) is 0 Å². The Morgan fingerprint density at radius 1 is 1.12 bits per heavy atom. The van der Waals surface area contributed by atoms with Gasteiger partial charge in [-0.3, -0.25) is 4.79 Å². The Morgan fingerprint density at radius 3 is 2.46 bits per heavy atom. The number of aromatic nitrogens is 2. The lowest BCUT2D eigenvalue weighted by molar-refractivity contribution is 0.0746. The molecule has 0 radical (unpaired) electrons. The molecular formula is C18H25ClN4O. The molecule has 5 nitrogen and oxygen atoms in total. The summed E-state index contributed by atoms with van der Waals surface area (Å²) in [5.41, 5.74) is 3.17. The molecule has 1 amide bonds. The van der Waals surface area contributed by atoms with Crippen molar-refractivity contribution in [2.45, 2.75) is 27.3 Å². The fourth-order valence-electron chi connectivity index (χ4n) is 3.00. The Kier molecular flexibility index (Phi) is 5.89. The van der Waals surface area contributed by atoms with E-state index in [1.54, 1.807) is 0 Å². The van der Waals surface area contributed by atoms with E-state index in [2.05, 4.69) is 35.2 Å². The van der Waals surface area contributed by atoms with Gasteiger partial charge in [-0.05, 0) is 44.0 Å². The Bertz CT molecular complexity index is 705. The molecule has 1 aromatic heterocycles. The summed E-state index contributed by atoms with van der Waals surface area (Å²) in [7, 11) is 0. The largest absolute Gasteiger partial charge is 0.339 e. The molecule has 6 heteroatoms. The fourth-order valence-corrected chi connectivity index (χ4v) is 3.00. The third-order valence-electron chi connectivity index (χ3n) is 4.64. The number of hydrogen-bond acceptors (Lipinski definition) is 3. The molecule has 24 heavy (non-hydrogen) atoms. The number of hydrogen-bond donors (Lipinski definition) is 0. The van der Waals surface area contributed by atoms with Gasteiger partial charge in [0.25, 0.3) is 5.91 Å². The van der Waals surface area contributed by atoms with Gasteiger partial charge in [-0.15, -0.1) is 12.4 Å². The lowest BCUT2D eigenvalue weighted by atomic mass is 10.1. The number of carbonyl (C=O) groups is 1. The van der Waals surface area contributed by atoms with Crippen molar-refractivity contribution in [1.29, 1.82) is 0 Å². The summed E-state index contributed by atoms with van der Waals surface area (Å²) in [6.45, 7) is 10.3. The van der Waals surface area contributed by atoms with Crippen molar-refractivity contribution in [3.8, 4) is 0 Å². The summed E-state index contributed by atoms with van der Waals surface area (Å²) in [5.74, 6) is 1.14. The molecule has 1 aliphatic heterocycles. The van der Waals surface area contributed by atoms with Gasteiger partial charge in [-0.2, -0.15) is 0 Å². The maximum Gasteiger partial charge on any atom is 0.253 e. The first-order valence-corrected chi connectivity index (χ1v) is 8.22. The minimum atomic E-state index is 0. The topological polar surface area (TPSA) is 41.4 Å². The molecule has 1 aliphatic rings. The lowest BCUT2D eigenvalue weighted by Crippen LogP contribution is -2.49. The summed E-state index contributed by atoms with van der Waals surface area (Å²) in [6.07, 6.45) is 3.84. The van der Waals surface area contributed by atoms with Crippen molar-refractivity contribution in [2.75, 3.05) is 31.1 Å². The highest BCUT2D eigenvalue weighted by Crippen LogP contribution is 2.17. The standard InChI is InChI=1S/C18H24N4O.ClH/c1-4-20-8-7-19-18(20)22-11-9-21(10-12-22)17(23)16-6-5-14(2)15(3)13-16;/h5-8,13H,4,9-12H2,1-3H3;1H. The Balaban J connectivity index is 0.00000208. The van der Waals surface area contributed by atoms with E-state index in [1.807, 2.05) is 35.5 Å². The van der Waals surface area contributed by atoms with E-state index in [0.29, 0.717) is 0 Å². The number of piperazine rings is 1. The quantitative estimate of drug-likeness (QED) is 0.856. The number of imidazole rings is 1. The summed E-state index contributed by atoms with van der Waals surface area (Å²) in [6, 6.07) is 5.95. The molecule has 2 aromatic rings. The van der Waals surface area contributed by atoms with Crippen LogP contribution in [-0.2, 0) is 6.54 Å². The van der Waals surface area contributed by atoms with E-state index in [4.69, 9.17) is 0 Å². The van der Waals surface area contributed by atoms with Gasteiger partial charge in [-0.1, -0.05) is 6.07 Å². The van der Waals surface area contributed by atoms with Crippen molar-refractivity contribution >= 4 is 24.3 Å². The van der Waals surface area contributed by atoms with Crippen LogP contribution in [0.25, 0.3) is 0 Å². The molecule has 1 aromatic carbocycles. The van der Waals surface area contributed by atoms with Gasteiger partial charge in [0.2, 0.25) is 5.95 Å². The highest BCUT2D eigenvalue weighted by atomic mass is 35.5. The normalized spacial score (nSPS) is 14.5. The van der Waals surface area contributed by atoms with Crippen LogP contribution in [0.4, 0.5) is 5.95 Å². The van der Waals surface area contributed by atoms with Gasteiger partial charge in [0.15, 0.2) is 0 Å². The molecule has 0 N–H and O–H groups in total. The smallest absolute Gasteiger partial charge is 0.253 e. The fraction of sp³-hybridized carbons (Fsp3) is 0.444. The van der Waals surface area contributed by atoms with Crippen LogP contribution in [0.5, 0.6) is 0 Å². The van der Waals surface area contributed by atoms with Crippen LogP contribution in [-0.4, -0.2) is 46.5 Å². The zero-order valence-corrected chi connectivity index (χ0v) is 15.3. The molecule has 0 aliphatic carbocycles. The van der Waals surface area contributed by atoms with E-state index in [1.165, 1.54) is 11.1 Å². The van der Waals surface area contributed by atoms with E-state index < -0.39 is 0 Å². The number of nitrogens with zero attached hydrogens (tertiary/aromatic N) is 4. The second-order valence-electron chi connectivity index (χ2n) is 6.09. The highest BCUT2D eigenvalue weighted by Gasteiger charge is 2.24. The number of carbonyl (C=O) groups excluding carboxylic acids is 1. The molecule has 0 unspecified atom stereocenters. The first-order chi connectivity index (χ1) is 11.1. The maximum atomic E-state index is 12.7. The molecular weight excluding hydrogens is 324 g/mol. The summed E-state index contributed by atoms with van der Waals surface area (Å²) >= 11 is 0. The Hall–Kier alpha value is -2.01. The molecule has 0 saturated carbocycles. The lowest BCUT2D eigenvalue weighted by Gasteiger charge is -2.35. The average molecular weight is 349 g/mol. The maximum absolute atomic E-state index is 12.7. The third kappa shape index (κ3) is 3.56. The van der Waals surface area contributed by atoms with Crippen molar-refractivity contribution in [1.82, 2.24) is 14.5 Å². The van der Waals surface area contributed by atoms with Gasteiger partial charge in [0, 0.05) is 50.7 Å². The van der Waals surface area contributed by atoms with Gasteiger partial charge in [-0.25, -0.2) is 4.98 Å². The van der Waals surface area contributed by atoms with E-state index in [-0.39, 0.29) is 18.3 Å². The van der Waals surface area contributed by atoms with E-state index >= 15 is 0 Å². The van der Waals surface area contributed by atoms with Crippen molar-refractivity contribution in [3.63, 3.8) is 0 Å². The van der Waals surface area contributed by atoms with Crippen LogP contribution in [0.3, 0.4) is 0 Å². The van der Waals surface area contributed by atoms with E-state index in [0.717, 1.165) is 44.2 Å². The molecule has 1 fully saturated rings. The number of rotatable bonds is 3. The minimum Gasteiger partial charge on any atom is -0.339 e. The van der Waals surface area contributed by atoms with Crippen LogP contribution >= 0.6 is 12.4 Å². The van der Waals surface area contributed by atoms with Gasteiger partial charge >= 0.3 is 0 Å². The van der Waals surface area contributed by atoms with Crippen molar-refractivity contribution in [3.05, 3.63) is 47.3 Å². The number of halogens is 1. The second-order valence-corrected chi connectivity index (χ2v) is 6.09. The predicted octanol–water partition coefficient (Wildman–Crippen LogP) is 2.90. The van der Waals surface area contributed by atoms with Gasteiger partial charge < -0.3 is 14.4 Å². The Morgan fingerprint density at radius 2 is 1.83 bits per heavy atom. The van der Waals surface area contributed by atoms with Crippen LogP contribution in [0.15, 0.2) is 30.6 Å². The number of anilines is 1. The average Bonchev–Trinajstić information content (AvgIpc) is 3.05. The van der Waals surface area contributed by atoms with Crippen molar-refractivity contribution < 1.29 is 4.79 Å². The minimum absolute atomic E-state index is 0. The number of amides is 1. The molecule has 0 atom stereocenters. The zero-order valence-electron chi connectivity index (χ0n) is 14.5. The first kappa shape index (κ1) is 18.3. The molecule has 0 bridgehead atoms. The molecule has 1 saturated heterocycles. The predicted molar refractivity (Wildman–Crippen MR) is 99.2 cm³/mol. The van der Waals surface area contributed by atoms with Gasteiger partial charge in [0.1, 0.15) is 0 Å². The molecule has 2 heterocycles. The Labute approximate surface area is 149 Å². The monoisotopic (exact) mass is 348 g/mol. The first-order valence-electron chi connectivity index (χ1n) is 8.22. The number of benzene rings is 1. The SMILES string of the molecule is CCn1ccnc1N1CCN(C(=O)c2ccc(C)c(C)c2)CC1.Cl. The van der Waals surface area contributed by atoms with Crippen LogP contribution in [0.2, 0.25) is 0 Å². The van der Waals surface area contributed by atoms with E-state index in [9.17, 15) is 4.79 Å². The highest BCUT2D eigenvalue weighted by molar-refractivity contribution is 5.94. The summed E-state index contributed by atoms with van der Waals surface area (Å²) in [4.78, 5) is 21.3. The molecule has 3 rings (SSSR count).